The summed E-state index contributed by atoms with van der Waals surface area (Å²) in [6.07, 6.45) is 3.86. The van der Waals surface area contributed by atoms with E-state index in [0.29, 0.717) is 0 Å². The lowest BCUT2D eigenvalue weighted by atomic mass is 10.3. The third kappa shape index (κ3) is 17.3. The lowest BCUT2D eigenvalue weighted by Gasteiger charge is -1.79. The Morgan fingerprint density at radius 2 is 1.88 bits per heavy atom. The van der Waals surface area contributed by atoms with E-state index in [4.69, 9.17) is 0 Å². The van der Waals surface area contributed by atoms with E-state index in [2.05, 4.69) is 6.92 Å². The summed E-state index contributed by atoms with van der Waals surface area (Å²) >= 11 is 0. The Labute approximate surface area is 53.1 Å². The van der Waals surface area contributed by atoms with Crippen LogP contribution < -0.4 is 0 Å². The van der Waals surface area contributed by atoms with Gasteiger partial charge in [-0.05, 0) is 6.42 Å². The van der Waals surface area contributed by atoms with Gasteiger partial charge in [0.1, 0.15) is 6.29 Å². The number of carbonyl (C=O) groups is 1. The number of hydrogen-bond donors (Lipinski definition) is 0. The summed E-state index contributed by atoms with van der Waals surface area (Å²) in [7, 11) is 0. The molecule has 1 heteroatoms. The maximum Gasteiger partial charge on any atom is 0.119 e. The van der Waals surface area contributed by atoms with Crippen LogP contribution >= 0.6 is 0 Å². The number of hydrogen-bond acceptors (Lipinski definition) is 1. The minimum Gasteiger partial charge on any atom is -0.303 e. The van der Waals surface area contributed by atoms with E-state index in [1.807, 2.05) is 0 Å². The Hall–Kier alpha value is -0.330. The van der Waals surface area contributed by atoms with Gasteiger partial charge in [0.05, 0.1) is 0 Å². The van der Waals surface area contributed by atoms with E-state index in [1.54, 1.807) is 0 Å². The number of unbranched alkanes of at least 4 members (excludes halogenated alkanes) is 2. The Bertz CT molecular complexity index is 33.4. The van der Waals surface area contributed by atoms with Crippen LogP contribution in [0.2, 0.25) is 0 Å². The quantitative estimate of drug-likeness (QED) is 0.411. The first-order valence-electron chi connectivity index (χ1n) is 2.35. The summed E-state index contributed by atoms with van der Waals surface area (Å²) in [5.41, 5.74) is 0. The zero-order valence-corrected chi connectivity index (χ0v) is 4.11. The number of aldehydes is 1. The van der Waals surface area contributed by atoms with E-state index >= 15 is 0 Å². The lowest BCUT2D eigenvalue weighted by Crippen LogP contribution is -1.70. The van der Waals surface area contributed by atoms with E-state index < -0.39 is 0 Å². The highest BCUT2D eigenvalue weighted by Gasteiger charge is 1.74. The van der Waals surface area contributed by atoms with Crippen molar-refractivity contribution in [2.75, 3.05) is 0 Å². The fraction of sp³-hybridized carbons (Fsp3) is 0.857. The highest BCUT2D eigenvalue weighted by molar-refractivity contribution is 5.48. The van der Waals surface area contributed by atoms with Crippen LogP contribution in [0.1, 0.15) is 41.0 Å². The maximum atomic E-state index is 9.56. The van der Waals surface area contributed by atoms with Gasteiger partial charge in [0.2, 0.25) is 0 Å². The van der Waals surface area contributed by atoms with Crippen molar-refractivity contribution >= 4 is 6.29 Å². The molecular formula is C7H18O. The monoisotopic (exact) mass is 118 g/mol. The number of carbonyl (C=O) groups excluding carboxylic acids is 1. The molecule has 0 aliphatic rings. The molecule has 0 fully saturated rings. The van der Waals surface area contributed by atoms with Crippen molar-refractivity contribution < 1.29 is 4.79 Å². The molecule has 0 atom stereocenters. The molecule has 0 amide bonds. The molecule has 8 heavy (non-hydrogen) atoms. The van der Waals surface area contributed by atoms with Gasteiger partial charge >= 0.3 is 0 Å². The molecule has 0 unspecified atom stereocenters. The summed E-state index contributed by atoms with van der Waals surface area (Å²) in [4.78, 5) is 9.56. The average Bonchev–Trinajstić information content (AvgIpc) is 1.61. The first-order valence-corrected chi connectivity index (χ1v) is 2.35. The lowest BCUT2D eigenvalue weighted by molar-refractivity contribution is -0.107. The second kappa shape index (κ2) is 15.9. The molecule has 0 radical (unpaired) electrons. The zero-order valence-electron chi connectivity index (χ0n) is 4.11. The van der Waals surface area contributed by atoms with Crippen molar-refractivity contribution in [3.05, 3.63) is 0 Å². The largest absolute Gasteiger partial charge is 0.303 e. The Morgan fingerprint density at radius 1 is 1.38 bits per heavy atom. The fourth-order valence-electron chi connectivity index (χ4n) is 0.287. The molecule has 0 saturated heterocycles. The molecule has 0 aromatic carbocycles. The normalized spacial score (nSPS) is 6.12. The van der Waals surface area contributed by atoms with Crippen molar-refractivity contribution in [3.8, 4) is 0 Å². The molecule has 0 spiro atoms. The highest BCUT2D eigenvalue weighted by atomic mass is 16.1. The van der Waals surface area contributed by atoms with Gasteiger partial charge in [-0.1, -0.05) is 28.2 Å². The molecule has 0 bridgehead atoms. The van der Waals surface area contributed by atoms with E-state index in [9.17, 15) is 4.79 Å². The maximum absolute atomic E-state index is 9.56. The van der Waals surface area contributed by atoms with Gasteiger partial charge < -0.3 is 4.79 Å². The predicted molar refractivity (Wildman–Crippen MR) is 39.1 cm³/mol. The first-order chi connectivity index (χ1) is 2.91. The molecule has 0 saturated carbocycles. The van der Waals surface area contributed by atoms with Gasteiger partial charge in [-0.3, -0.25) is 0 Å². The minimum atomic E-state index is 0. The molecule has 0 aliphatic heterocycles. The van der Waals surface area contributed by atoms with Gasteiger partial charge in [0.15, 0.2) is 0 Å². The topological polar surface area (TPSA) is 17.1 Å². The van der Waals surface area contributed by atoms with Crippen LogP contribution in [-0.2, 0) is 4.79 Å². The number of rotatable bonds is 3. The van der Waals surface area contributed by atoms with Crippen molar-refractivity contribution in [2.45, 2.75) is 41.0 Å². The molecule has 52 valence electrons. The zero-order chi connectivity index (χ0) is 4.83. The summed E-state index contributed by atoms with van der Waals surface area (Å²) in [5, 5.41) is 0. The van der Waals surface area contributed by atoms with E-state index in [-0.39, 0.29) is 14.9 Å². The van der Waals surface area contributed by atoms with Crippen LogP contribution in [0.3, 0.4) is 0 Å². The molecule has 0 heterocycles. The Balaban J connectivity index is -0.000000125. The van der Waals surface area contributed by atoms with Crippen LogP contribution in [0.4, 0.5) is 0 Å². The van der Waals surface area contributed by atoms with Crippen molar-refractivity contribution in [3.63, 3.8) is 0 Å². The van der Waals surface area contributed by atoms with Crippen LogP contribution in [-0.4, -0.2) is 6.29 Å². The summed E-state index contributed by atoms with van der Waals surface area (Å²) in [6, 6.07) is 0. The summed E-state index contributed by atoms with van der Waals surface area (Å²) in [5.74, 6) is 0. The second-order valence-electron chi connectivity index (χ2n) is 1.31. The van der Waals surface area contributed by atoms with Crippen molar-refractivity contribution in [1.82, 2.24) is 0 Å². The third-order valence-electron chi connectivity index (χ3n) is 0.676. The fourth-order valence-corrected chi connectivity index (χ4v) is 0.287. The average molecular weight is 118 g/mol. The molecule has 0 rings (SSSR count). The van der Waals surface area contributed by atoms with Crippen LogP contribution in [0.15, 0.2) is 0 Å². The van der Waals surface area contributed by atoms with Crippen LogP contribution in [0.5, 0.6) is 0 Å². The molecular weight excluding hydrogens is 100 g/mol. The second-order valence-corrected chi connectivity index (χ2v) is 1.31. The van der Waals surface area contributed by atoms with Crippen LogP contribution in [0.25, 0.3) is 0 Å². The van der Waals surface area contributed by atoms with E-state index in [1.165, 1.54) is 0 Å². The highest BCUT2D eigenvalue weighted by Crippen LogP contribution is 1.87. The van der Waals surface area contributed by atoms with Crippen molar-refractivity contribution in [2.24, 2.45) is 0 Å². The Morgan fingerprint density at radius 3 is 2.00 bits per heavy atom. The van der Waals surface area contributed by atoms with Crippen LogP contribution in [0, 0.1) is 0 Å². The van der Waals surface area contributed by atoms with Gasteiger partial charge in [0, 0.05) is 6.42 Å². The molecule has 1 nitrogen and oxygen atoms in total. The Kier molecular flexibility index (Phi) is 31.1. The smallest absolute Gasteiger partial charge is 0.119 e. The predicted octanol–water partition coefficient (Wildman–Crippen LogP) is 2.65. The molecule has 0 aliphatic carbocycles. The standard InChI is InChI=1S/C5H10O.2CH4/c1-2-3-4-5-6;;/h5H,2-4H2,1H3;2*1H4. The van der Waals surface area contributed by atoms with Gasteiger partial charge in [-0.25, -0.2) is 0 Å². The minimum absolute atomic E-state index is 0. The van der Waals surface area contributed by atoms with E-state index in [0.717, 1.165) is 25.5 Å². The van der Waals surface area contributed by atoms with Gasteiger partial charge in [-0.2, -0.15) is 0 Å². The molecule has 0 N–H and O–H groups in total. The molecule has 0 aromatic rings. The van der Waals surface area contributed by atoms with Gasteiger partial charge in [0.25, 0.3) is 0 Å². The SMILES string of the molecule is C.C.CCCCC=O. The molecule has 0 aromatic heterocycles. The van der Waals surface area contributed by atoms with Crippen molar-refractivity contribution in [1.29, 1.82) is 0 Å². The third-order valence-corrected chi connectivity index (χ3v) is 0.676. The first kappa shape index (κ1) is 15.6. The van der Waals surface area contributed by atoms with Gasteiger partial charge in [-0.15, -0.1) is 0 Å². The summed E-state index contributed by atoms with van der Waals surface area (Å²) in [6.45, 7) is 2.07. The summed E-state index contributed by atoms with van der Waals surface area (Å²) < 4.78 is 0.